The summed E-state index contributed by atoms with van der Waals surface area (Å²) < 4.78 is 21.3. The maximum Gasteiger partial charge on any atom is 0.240 e. The number of anilines is 1. The quantitative estimate of drug-likeness (QED) is 0.390. The lowest BCUT2D eigenvalue weighted by atomic mass is 10.2. The van der Waals surface area contributed by atoms with Gasteiger partial charge in [0.1, 0.15) is 5.82 Å². The number of benzene rings is 2. The predicted molar refractivity (Wildman–Crippen MR) is 133 cm³/mol. The highest BCUT2D eigenvalue weighted by Crippen LogP contribution is 2.30. The number of aryl methyl sites for hydroxylation is 1. The van der Waals surface area contributed by atoms with Crippen molar-refractivity contribution in [2.24, 2.45) is 0 Å². The number of thioether (sulfide) groups is 1. The summed E-state index contributed by atoms with van der Waals surface area (Å²) in [7, 11) is 0. The zero-order chi connectivity index (χ0) is 24.8. The molecule has 9 heteroatoms. The van der Waals surface area contributed by atoms with E-state index in [9.17, 15) is 9.18 Å². The average molecular weight is 494 g/mol. The first kappa shape index (κ1) is 24.9. The van der Waals surface area contributed by atoms with Crippen molar-refractivity contribution in [3.63, 3.8) is 0 Å². The molecule has 0 bridgehead atoms. The first-order chi connectivity index (χ1) is 17.0. The number of ether oxygens (including phenoxy) is 1. The van der Waals surface area contributed by atoms with Gasteiger partial charge in [0.25, 0.3) is 0 Å². The van der Waals surface area contributed by atoms with Crippen LogP contribution in [-0.2, 0) is 16.1 Å². The molecule has 0 aliphatic carbocycles. The first-order valence-corrected chi connectivity index (χ1v) is 12.6. The van der Waals surface area contributed by atoms with Gasteiger partial charge in [-0.3, -0.25) is 9.36 Å². The molecule has 1 aromatic heterocycles. The smallest absolute Gasteiger partial charge is 0.240 e. The van der Waals surface area contributed by atoms with Crippen LogP contribution in [0.2, 0.25) is 0 Å². The van der Waals surface area contributed by atoms with E-state index in [1.807, 2.05) is 42.7 Å². The summed E-state index contributed by atoms with van der Waals surface area (Å²) in [6.07, 6.45) is 2.21. The molecule has 0 spiro atoms. The van der Waals surface area contributed by atoms with Gasteiger partial charge in [-0.05, 0) is 63.1 Å². The molecule has 0 radical (unpaired) electrons. The summed E-state index contributed by atoms with van der Waals surface area (Å²) in [5, 5.41) is 18.0. The fourth-order valence-corrected chi connectivity index (χ4v) is 4.95. The highest BCUT2D eigenvalue weighted by Gasteiger charge is 2.27. The molecule has 2 atom stereocenters. The first-order valence-electron chi connectivity index (χ1n) is 11.7. The molecule has 2 heterocycles. The van der Waals surface area contributed by atoms with Crippen molar-refractivity contribution in [3.8, 4) is 17.5 Å². The minimum atomic E-state index is -0.469. The second-order valence-electron chi connectivity index (χ2n) is 8.55. The second-order valence-corrected chi connectivity index (χ2v) is 9.86. The number of aromatic nitrogens is 3. The number of nitrogens with zero attached hydrogens (tertiary/aromatic N) is 5. The predicted octanol–water partition coefficient (Wildman–Crippen LogP) is 5.00. The second kappa shape index (κ2) is 11.5. The van der Waals surface area contributed by atoms with Crippen LogP contribution in [0, 0.1) is 24.1 Å². The van der Waals surface area contributed by atoms with Gasteiger partial charge in [0.05, 0.1) is 30.4 Å². The SMILES string of the molecule is Cc1ccc(N(CCC#N)C(=O)C(C)Sc2nnc(-c3ccc(F)cc3)n2CC2CCCO2)cc1. The highest BCUT2D eigenvalue weighted by molar-refractivity contribution is 8.00. The van der Waals surface area contributed by atoms with Crippen molar-refractivity contribution >= 4 is 23.4 Å². The van der Waals surface area contributed by atoms with E-state index in [-0.39, 0.29) is 24.2 Å². The lowest BCUT2D eigenvalue weighted by Gasteiger charge is -2.25. The molecule has 182 valence electrons. The number of halogens is 1. The summed E-state index contributed by atoms with van der Waals surface area (Å²) >= 11 is 1.33. The van der Waals surface area contributed by atoms with Gasteiger partial charge >= 0.3 is 0 Å². The van der Waals surface area contributed by atoms with Gasteiger partial charge in [-0.15, -0.1) is 10.2 Å². The van der Waals surface area contributed by atoms with Crippen LogP contribution in [-0.4, -0.2) is 45.2 Å². The van der Waals surface area contributed by atoms with Crippen LogP contribution in [0.1, 0.15) is 31.7 Å². The molecule has 3 aromatic rings. The van der Waals surface area contributed by atoms with E-state index in [1.165, 1.54) is 23.9 Å². The third kappa shape index (κ3) is 6.08. The van der Waals surface area contributed by atoms with E-state index in [2.05, 4.69) is 16.3 Å². The highest BCUT2D eigenvalue weighted by atomic mass is 32.2. The zero-order valence-electron chi connectivity index (χ0n) is 19.9. The third-order valence-corrected chi connectivity index (χ3v) is 6.99. The minimum absolute atomic E-state index is 0.0373. The summed E-state index contributed by atoms with van der Waals surface area (Å²) in [6, 6.07) is 16.0. The molecule has 0 saturated carbocycles. The van der Waals surface area contributed by atoms with Crippen LogP contribution in [0.3, 0.4) is 0 Å². The molecule has 4 rings (SSSR count). The maximum absolute atomic E-state index is 13.5. The van der Waals surface area contributed by atoms with Crippen molar-refractivity contribution in [1.29, 1.82) is 5.26 Å². The standard InChI is InChI=1S/C26H28FN5O2S/c1-18-6-12-22(13-7-18)31(15-4-14-28)25(33)19(2)35-26-30-29-24(20-8-10-21(27)11-9-20)32(26)17-23-5-3-16-34-23/h6-13,19,23H,3-5,15-17H2,1-2H3. The van der Waals surface area contributed by atoms with Crippen molar-refractivity contribution in [2.45, 2.75) is 56.2 Å². The molecule has 2 unspecified atom stereocenters. The van der Waals surface area contributed by atoms with Crippen LogP contribution in [0.4, 0.5) is 10.1 Å². The van der Waals surface area contributed by atoms with Gasteiger partial charge in [0, 0.05) is 24.4 Å². The lowest BCUT2D eigenvalue weighted by molar-refractivity contribution is -0.117. The van der Waals surface area contributed by atoms with Crippen LogP contribution < -0.4 is 4.90 Å². The van der Waals surface area contributed by atoms with Crippen LogP contribution in [0.15, 0.2) is 53.7 Å². The van der Waals surface area contributed by atoms with Gasteiger partial charge < -0.3 is 9.64 Å². The number of amides is 1. The molecule has 35 heavy (non-hydrogen) atoms. The normalized spacial score (nSPS) is 16.1. The fourth-order valence-electron chi connectivity index (χ4n) is 4.03. The molecule has 1 fully saturated rings. The Bertz CT molecular complexity index is 1180. The number of hydrogen-bond acceptors (Lipinski definition) is 6. The van der Waals surface area contributed by atoms with E-state index in [0.29, 0.717) is 24.1 Å². The molecule has 1 saturated heterocycles. The summed E-state index contributed by atoms with van der Waals surface area (Å²) in [4.78, 5) is 15.1. The number of hydrogen-bond donors (Lipinski definition) is 0. The Morgan fingerprint density at radius 3 is 2.66 bits per heavy atom. The number of carbonyl (C=O) groups excluding carboxylic acids is 1. The molecule has 2 aromatic carbocycles. The Labute approximate surface area is 208 Å². The zero-order valence-corrected chi connectivity index (χ0v) is 20.7. The Balaban J connectivity index is 1.59. The Hall–Kier alpha value is -3.22. The van der Waals surface area contributed by atoms with Crippen molar-refractivity contribution < 1.29 is 13.9 Å². The maximum atomic E-state index is 13.5. The van der Waals surface area contributed by atoms with Gasteiger partial charge in [-0.2, -0.15) is 5.26 Å². The molecule has 0 N–H and O–H groups in total. The van der Waals surface area contributed by atoms with Crippen LogP contribution >= 0.6 is 11.8 Å². The van der Waals surface area contributed by atoms with Crippen LogP contribution in [0.25, 0.3) is 11.4 Å². The van der Waals surface area contributed by atoms with Crippen molar-refractivity contribution in [3.05, 3.63) is 59.9 Å². The summed E-state index contributed by atoms with van der Waals surface area (Å²) in [5.74, 6) is 0.188. The van der Waals surface area contributed by atoms with E-state index in [1.54, 1.807) is 17.0 Å². The molecular weight excluding hydrogens is 465 g/mol. The minimum Gasteiger partial charge on any atom is -0.376 e. The molecule has 7 nitrogen and oxygen atoms in total. The number of nitriles is 1. The number of rotatable bonds is 9. The summed E-state index contributed by atoms with van der Waals surface area (Å²) in [5.41, 5.74) is 2.61. The van der Waals surface area contributed by atoms with Crippen molar-refractivity contribution in [2.75, 3.05) is 18.1 Å². The van der Waals surface area contributed by atoms with Gasteiger partial charge in [0.15, 0.2) is 11.0 Å². The monoisotopic (exact) mass is 493 g/mol. The lowest BCUT2D eigenvalue weighted by Crippen LogP contribution is -2.37. The third-order valence-electron chi connectivity index (χ3n) is 5.92. The van der Waals surface area contributed by atoms with E-state index in [4.69, 9.17) is 10.00 Å². The van der Waals surface area contributed by atoms with Gasteiger partial charge in [-0.1, -0.05) is 29.5 Å². The topological polar surface area (TPSA) is 84.0 Å². The van der Waals surface area contributed by atoms with Crippen molar-refractivity contribution in [1.82, 2.24) is 14.8 Å². The molecule has 1 amide bonds. The van der Waals surface area contributed by atoms with Crippen LogP contribution in [0.5, 0.6) is 0 Å². The largest absolute Gasteiger partial charge is 0.376 e. The summed E-state index contributed by atoms with van der Waals surface area (Å²) in [6.45, 7) is 5.42. The van der Waals surface area contributed by atoms with E-state index < -0.39 is 5.25 Å². The average Bonchev–Trinajstić information content (AvgIpc) is 3.51. The van der Waals surface area contributed by atoms with Gasteiger partial charge in [0.2, 0.25) is 5.91 Å². The molecule has 1 aliphatic heterocycles. The molecular formula is C26H28FN5O2S. The number of carbonyl (C=O) groups is 1. The van der Waals surface area contributed by atoms with Gasteiger partial charge in [-0.25, -0.2) is 4.39 Å². The Morgan fingerprint density at radius 2 is 2.00 bits per heavy atom. The van der Waals surface area contributed by atoms with E-state index in [0.717, 1.165) is 36.3 Å². The Morgan fingerprint density at radius 1 is 1.26 bits per heavy atom. The fraction of sp³-hybridized carbons (Fsp3) is 0.385. The Kier molecular flexibility index (Phi) is 8.16. The molecule has 1 aliphatic rings. The van der Waals surface area contributed by atoms with E-state index >= 15 is 0 Å².